The van der Waals surface area contributed by atoms with Crippen molar-refractivity contribution in [2.45, 2.75) is 19.4 Å². The molecule has 2 atom stereocenters. The standard InChI is InChI=1S/C15H20N4OS/c1-9-8-19(2)6-4-11(9)18-15(20)14-13(16)10-3-5-17-7-12(10)21-14/h3,5,7,9,11H,4,6,8,16H2,1-2H3,(H,18,20). The zero-order valence-corrected chi connectivity index (χ0v) is 13.1. The summed E-state index contributed by atoms with van der Waals surface area (Å²) in [5, 5.41) is 4.07. The first-order chi connectivity index (χ1) is 10.1. The van der Waals surface area contributed by atoms with Crippen LogP contribution in [0.3, 0.4) is 0 Å². The summed E-state index contributed by atoms with van der Waals surface area (Å²) in [6, 6.07) is 2.08. The van der Waals surface area contributed by atoms with Crippen molar-refractivity contribution in [2.24, 2.45) is 5.92 Å². The average molecular weight is 304 g/mol. The lowest BCUT2D eigenvalue weighted by Gasteiger charge is -2.35. The number of thiophene rings is 1. The second-order valence-corrected chi connectivity index (χ2v) is 6.88. The molecule has 6 heteroatoms. The van der Waals surface area contributed by atoms with Crippen LogP contribution in [-0.4, -0.2) is 42.0 Å². The number of anilines is 1. The van der Waals surface area contributed by atoms with Crippen LogP contribution < -0.4 is 11.1 Å². The minimum absolute atomic E-state index is 0.0601. The molecule has 1 aliphatic heterocycles. The first kappa shape index (κ1) is 14.3. The Labute approximate surface area is 128 Å². The van der Waals surface area contributed by atoms with Gasteiger partial charge in [0.1, 0.15) is 4.88 Å². The molecule has 0 bridgehead atoms. The maximum absolute atomic E-state index is 12.5. The van der Waals surface area contributed by atoms with Gasteiger partial charge >= 0.3 is 0 Å². The van der Waals surface area contributed by atoms with Gasteiger partial charge in [-0.05, 0) is 32.0 Å². The predicted octanol–water partition coefficient (Wildman–Crippen LogP) is 1.95. The van der Waals surface area contributed by atoms with Crippen LogP contribution in [0.5, 0.6) is 0 Å². The van der Waals surface area contributed by atoms with E-state index >= 15 is 0 Å². The predicted molar refractivity (Wildman–Crippen MR) is 86.6 cm³/mol. The van der Waals surface area contributed by atoms with E-state index in [1.807, 2.05) is 6.07 Å². The highest BCUT2D eigenvalue weighted by atomic mass is 32.1. The van der Waals surface area contributed by atoms with Crippen LogP contribution in [-0.2, 0) is 0 Å². The molecule has 5 nitrogen and oxygen atoms in total. The lowest BCUT2D eigenvalue weighted by molar-refractivity contribution is 0.0889. The van der Waals surface area contributed by atoms with Crippen LogP contribution in [0.4, 0.5) is 5.69 Å². The number of hydrogen-bond donors (Lipinski definition) is 2. The third kappa shape index (κ3) is 2.73. The first-order valence-electron chi connectivity index (χ1n) is 7.17. The van der Waals surface area contributed by atoms with Gasteiger partial charge in [0.15, 0.2) is 0 Å². The average Bonchev–Trinajstić information content (AvgIpc) is 2.80. The van der Waals surface area contributed by atoms with Crippen molar-refractivity contribution in [3.8, 4) is 0 Å². The number of pyridine rings is 1. The largest absolute Gasteiger partial charge is 0.397 e. The van der Waals surface area contributed by atoms with Crippen LogP contribution in [0.25, 0.3) is 10.1 Å². The van der Waals surface area contributed by atoms with Crippen molar-refractivity contribution in [3.63, 3.8) is 0 Å². The molecule has 1 amide bonds. The van der Waals surface area contributed by atoms with Crippen LogP contribution in [0, 0.1) is 5.92 Å². The van der Waals surface area contributed by atoms with Gasteiger partial charge in [-0.15, -0.1) is 11.3 Å². The Hall–Kier alpha value is -1.66. The Bertz CT molecular complexity index is 669. The molecule has 0 aliphatic carbocycles. The van der Waals surface area contributed by atoms with Gasteiger partial charge in [0.05, 0.1) is 10.4 Å². The van der Waals surface area contributed by atoms with Gasteiger partial charge in [-0.25, -0.2) is 0 Å². The Morgan fingerprint density at radius 1 is 1.57 bits per heavy atom. The molecule has 2 aromatic heterocycles. The van der Waals surface area contributed by atoms with Crippen molar-refractivity contribution in [1.29, 1.82) is 0 Å². The molecule has 3 N–H and O–H groups in total. The number of piperidine rings is 1. The Balaban J connectivity index is 1.79. The highest BCUT2D eigenvalue weighted by Gasteiger charge is 2.27. The highest BCUT2D eigenvalue weighted by molar-refractivity contribution is 7.21. The monoisotopic (exact) mass is 304 g/mol. The number of hydrogen-bond acceptors (Lipinski definition) is 5. The molecule has 112 valence electrons. The number of likely N-dealkylation sites (tertiary alicyclic amines) is 1. The van der Waals surface area contributed by atoms with E-state index in [9.17, 15) is 4.79 Å². The molecule has 1 aliphatic rings. The number of nitrogens with zero attached hydrogens (tertiary/aromatic N) is 2. The van der Waals surface area contributed by atoms with Crippen molar-refractivity contribution < 1.29 is 4.79 Å². The number of rotatable bonds is 2. The van der Waals surface area contributed by atoms with Crippen LogP contribution >= 0.6 is 11.3 Å². The lowest BCUT2D eigenvalue weighted by atomic mass is 9.94. The molecule has 2 aromatic rings. The van der Waals surface area contributed by atoms with E-state index in [0.717, 1.165) is 29.6 Å². The summed E-state index contributed by atoms with van der Waals surface area (Å²) < 4.78 is 0.955. The quantitative estimate of drug-likeness (QED) is 0.889. The van der Waals surface area contributed by atoms with E-state index in [1.54, 1.807) is 12.4 Å². The van der Waals surface area contributed by atoms with E-state index in [2.05, 4.69) is 29.2 Å². The zero-order chi connectivity index (χ0) is 15.0. The van der Waals surface area contributed by atoms with Crippen molar-refractivity contribution in [2.75, 3.05) is 25.9 Å². The second kappa shape index (κ2) is 5.61. The molecular weight excluding hydrogens is 284 g/mol. The summed E-state index contributed by atoms with van der Waals surface area (Å²) >= 11 is 1.41. The minimum atomic E-state index is -0.0601. The van der Waals surface area contributed by atoms with Crippen LogP contribution in [0.2, 0.25) is 0 Å². The summed E-state index contributed by atoms with van der Waals surface area (Å²) in [7, 11) is 2.12. The van der Waals surface area contributed by atoms with Gasteiger partial charge in [-0.1, -0.05) is 6.92 Å². The fourth-order valence-electron chi connectivity index (χ4n) is 2.94. The summed E-state index contributed by atoms with van der Waals surface area (Å²) in [6.45, 7) is 4.21. The number of nitrogen functional groups attached to an aromatic ring is 1. The van der Waals surface area contributed by atoms with Gasteiger partial charge in [0, 0.05) is 30.4 Å². The van der Waals surface area contributed by atoms with E-state index in [4.69, 9.17) is 5.73 Å². The van der Waals surface area contributed by atoms with Crippen molar-refractivity contribution in [1.82, 2.24) is 15.2 Å². The summed E-state index contributed by atoms with van der Waals surface area (Å²) in [5.74, 6) is 0.389. The molecule has 0 aromatic carbocycles. The molecule has 2 unspecified atom stereocenters. The maximum atomic E-state index is 12.5. The number of carbonyl (C=O) groups is 1. The van der Waals surface area contributed by atoms with Crippen molar-refractivity contribution in [3.05, 3.63) is 23.3 Å². The lowest BCUT2D eigenvalue weighted by Crippen LogP contribution is -2.48. The van der Waals surface area contributed by atoms with E-state index in [-0.39, 0.29) is 11.9 Å². The van der Waals surface area contributed by atoms with Gasteiger partial charge in [-0.2, -0.15) is 0 Å². The Morgan fingerprint density at radius 2 is 2.38 bits per heavy atom. The highest BCUT2D eigenvalue weighted by Crippen LogP contribution is 2.33. The topological polar surface area (TPSA) is 71.2 Å². The molecule has 1 fully saturated rings. The summed E-state index contributed by atoms with van der Waals surface area (Å²) in [5.41, 5.74) is 6.68. The SMILES string of the molecule is CC1CN(C)CCC1NC(=O)c1sc2cnccc2c1N. The van der Waals surface area contributed by atoms with Crippen molar-refractivity contribution >= 4 is 33.0 Å². The van der Waals surface area contributed by atoms with E-state index in [0.29, 0.717) is 16.5 Å². The molecular formula is C15H20N4OS. The molecule has 0 saturated carbocycles. The molecule has 0 spiro atoms. The van der Waals surface area contributed by atoms with E-state index in [1.165, 1.54) is 11.3 Å². The molecule has 21 heavy (non-hydrogen) atoms. The van der Waals surface area contributed by atoms with Gasteiger partial charge < -0.3 is 16.0 Å². The number of fused-ring (bicyclic) bond motifs is 1. The first-order valence-corrected chi connectivity index (χ1v) is 7.99. The van der Waals surface area contributed by atoms with Crippen LogP contribution in [0.15, 0.2) is 18.5 Å². The Morgan fingerprint density at radius 3 is 3.10 bits per heavy atom. The normalized spacial score (nSPS) is 23.3. The summed E-state index contributed by atoms with van der Waals surface area (Å²) in [6.07, 6.45) is 4.44. The minimum Gasteiger partial charge on any atom is -0.397 e. The van der Waals surface area contributed by atoms with Gasteiger partial charge in [0.25, 0.3) is 5.91 Å². The molecule has 3 heterocycles. The third-order valence-corrected chi connectivity index (χ3v) is 5.32. The smallest absolute Gasteiger partial charge is 0.263 e. The maximum Gasteiger partial charge on any atom is 0.263 e. The number of amides is 1. The summed E-state index contributed by atoms with van der Waals surface area (Å²) in [4.78, 5) is 19.5. The number of carbonyl (C=O) groups excluding carboxylic acids is 1. The third-order valence-electron chi connectivity index (χ3n) is 4.16. The molecule has 1 saturated heterocycles. The van der Waals surface area contributed by atoms with E-state index < -0.39 is 0 Å². The fraction of sp³-hybridized carbons (Fsp3) is 0.467. The number of aromatic nitrogens is 1. The fourth-order valence-corrected chi connectivity index (χ4v) is 3.94. The molecule has 0 radical (unpaired) electrons. The number of nitrogens with one attached hydrogen (secondary N) is 1. The number of nitrogens with two attached hydrogens (primary N) is 1. The van der Waals surface area contributed by atoms with Crippen LogP contribution in [0.1, 0.15) is 23.0 Å². The molecule has 3 rings (SSSR count). The Kier molecular flexibility index (Phi) is 3.82. The van der Waals surface area contributed by atoms with Gasteiger partial charge in [0.2, 0.25) is 0 Å². The second-order valence-electron chi connectivity index (χ2n) is 5.82. The zero-order valence-electron chi connectivity index (χ0n) is 12.3. The van der Waals surface area contributed by atoms with Gasteiger partial charge in [-0.3, -0.25) is 9.78 Å².